The first-order chi connectivity index (χ1) is 9.25. The molecular formula is C16H15ClFN. The van der Waals surface area contributed by atoms with E-state index in [1.807, 2.05) is 24.3 Å². The molecule has 0 saturated carbocycles. The first-order valence-corrected chi connectivity index (χ1v) is 6.87. The summed E-state index contributed by atoms with van der Waals surface area (Å²) in [5.74, 6) is -0.00636. The fourth-order valence-corrected chi connectivity index (χ4v) is 3.00. The van der Waals surface area contributed by atoms with Crippen molar-refractivity contribution in [2.75, 3.05) is 6.54 Å². The Kier molecular flexibility index (Phi) is 3.54. The van der Waals surface area contributed by atoms with Crippen molar-refractivity contribution in [1.29, 1.82) is 0 Å². The minimum Gasteiger partial charge on any atom is -0.309 e. The van der Waals surface area contributed by atoms with Crippen molar-refractivity contribution < 1.29 is 4.39 Å². The Balaban J connectivity index is 1.93. The van der Waals surface area contributed by atoms with Crippen LogP contribution in [-0.4, -0.2) is 6.54 Å². The van der Waals surface area contributed by atoms with Crippen LogP contribution in [0.5, 0.6) is 0 Å². The Morgan fingerprint density at radius 1 is 1.05 bits per heavy atom. The van der Waals surface area contributed by atoms with Gasteiger partial charge in [-0.1, -0.05) is 48.0 Å². The second kappa shape index (κ2) is 5.32. The fraction of sp³-hybridized carbons (Fsp3) is 0.250. The number of hydrogen-bond acceptors (Lipinski definition) is 1. The Hall–Kier alpha value is -1.38. The van der Waals surface area contributed by atoms with E-state index in [4.69, 9.17) is 11.6 Å². The van der Waals surface area contributed by atoms with Crippen LogP contribution in [0.15, 0.2) is 48.5 Å². The summed E-state index contributed by atoms with van der Waals surface area (Å²) in [6.07, 6.45) is 1.04. The van der Waals surface area contributed by atoms with Crippen molar-refractivity contribution in [2.24, 2.45) is 0 Å². The highest BCUT2D eigenvalue weighted by Crippen LogP contribution is 2.38. The lowest BCUT2D eigenvalue weighted by Gasteiger charge is -2.20. The maximum Gasteiger partial charge on any atom is 0.141 e. The van der Waals surface area contributed by atoms with E-state index in [1.54, 1.807) is 6.07 Å². The summed E-state index contributed by atoms with van der Waals surface area (Å²) in [4.78, 5) is 0. The highest BCUT2D eigenvalue weighted by Gasteiger charge is 2.29. The van der Waals surface area contributed by atoms with Crippen LogP contribution >= 0.6 is 11.6 Å². The molecule has 2 unspecified atom stereocenters. The van der Waals surface area contributed by atoms with Gasteiger partial charge in [0, 0.05) is 12.0 Å². The molecule has 2 aromatic rings. The van der Waals surface area contributed by atoms with Gasteiger partial charge in [0.2, 0.25) is 0 Å². The minimum atomic E-state index is -0.354. The summed E-state index contributed by atoms with van der Waals surface area (Å²) >= 11 is 5.89. The fourth-order valence-electron chi connectivity index (χ4n) is 2.82. The average Bonchev–Trinajstić information content (AvgIpc) is 2.92. The average molecular weight is 276 g/mol. The van der Waals surface area contributed by atoms with Gasteiger partial charge < -0.3 is 5.32 Å². The van der Waals surface area contributed by atoms with Gasteiger partial charge in [-0.2, -0.15) is 0 Å². The van der Waals surface area contributed by atoms with Gasteiger partial charge in [0.1, 0.15) is 5.82 Å². The molecule has 0 radical (unpaired) electrons. The molecule has 1 nitrogen and oxygen atoms in total. The molecule has 3 rings (SSSR count). The van der Waals surface area contributed by atoms with Gasteiger partial charge in [-0.15, -0.1) is 0 Å². The van der Waals surface area contributed by atoms with Crippen LogP contribution in [0.3, 0.4) is 0 Å². The standard InChI is InChI=1S/C16H15ClFN/c17-14-10-12(6-7-15(14)18)13-8-9-19-16(13)11-4-2-1-3-5-11/h1-7,10,13,16,19H,8-9H2. The number of halogens is 2. The van der Waals surface area contributed by atoms with Gasteiger partial charge in [-0.05, 0) is 36.2 Å². The van der Waals surface area contributed by atoms with Gasteiger partial charge in [0.05, 0.1) is 5.02 Å². The van der Waals surface area contributed by atoms with Crippen molar-refractivity contribution in [2.45, 2.75) is 18.4 Å². The van der Waals surface area contributed by atoms with Crippen LogP contribution in [0.25, 0.3) is 0 Å². The number of hydrogen-bond donors (Lipinski definition) is 1. The molecule has 0 amide bonds. The Morgan fingerprint density at radius 2 is 1.84 bits per heavy atom. The molecule has 98 valence electrons. The zero-order valence-corrected chi connectivity index (χ0v) is 11.2. The van der Waals surface area contributed by atoms with Crippen molar-refractivity contribution in [3.63, 3.8) is 0 Å². The second-order valence-corrected chi connectivity index (χ2v) is 5.32. The second-order valence-electron chi connectivity index (χ2n) is 4.91. The van der Waals surface area contributed by atoms with Crippen LogP contribution in [0.2, 0.25) is 5.02 Å². The molecule has 19 heavy (non-hydrogen) atoms. The van der Waals surface area contributed by atoms with E-state index in [2.05, 4.69) is 17.4 Å². The molecule has 1 aliphatic rings. The molecule has 1 aliphatic heterocycles. The minimum absolute atomic E-state index is 0.205. The largest absolute Gasteiger partial charge is 0.309 e. The maximum atomic E-state index is 13.3. The Bertz CT molecular complexity index is 570. The third-order valence-corrected chi connectivity index (χ3v) is 4.04. The van der Waals surface area contributed by atoms with E-state index in [9.17, 15) is 4.39 Å². The van der Waals surface area contributed by atoms with Crippen molar-refractivity contribution >= 4 is 11.6 Å². The summed E-state index contributed by atoms with van der Waals surface area (Å²) < 4.78 is 13.3. The summed E-state index contributed by atoms with van der Waals surface area (Å²) in [5.41, 5.74) is 2.37. The first kappa shape index (κ1) is 12.6. The van der Waals surface area contributed by atoms with Gasteiger partial charge >= 0.3 is 0 Å². The lowest BCUT2D eigenvalue weighted by atomic mass is 9.88. The number of benzene rings is 2. The third-order valence-electron chi connectivity index (χ3n) is 3.75. The summed E-state index contributed by atoms with van der Waals surface area (Å²) in [6, 6.07) is 15.7. The van der Waals surface area contributed by atoms with Crippen LogP contribution in [0.1, 0.15) is 29.5 Å². The van der Waals surface area contributed by atoms with Gasteiger partial charge in [-0.25, -0.2) is 4.39 Å². The highest BCUT2D eigenvalue weighted by molar-refractivity contribution is 6.30. The van der Waals surface area contributed by atoms with Crippen molar-refractivity contribution in [1.82, 2.24) is 5.32 Å². The molecule has 0 spiro atoms. The predicted molar refractivity (Wildman–Crippen MR) is 76.0 cm³/mol. The zero-order valence-electron chi connectivity index (χ0n) is 10.4. The topological polar surface area (TPSA) is 12.0 Å². The molecule has 2 atom stereocenters. The molecule has 0 aromatic heterocycles. The lowest BCUT2D eigenvalue weighted by Crippen LogP contribution is -2.16. The number of rotatable bonds is 2. The molecule has 1 N–H and O–H groups in total. The van der Waals surface area contributed by atoms with E-state index in [1.165, 1.54) is 11.6 Å². The predicted octanol–water partition coefficient (Wildman–Crippen LogP) is 4.30. The van der Waals surface area contributed by atoms with Gasteiger partial charge in [0.15, 0.2) is 0 Å². The summed E-state index contributed by atoms with van der Waals surface area (Å²) in [5, 5.41) is 3.72. The smallest absolute Gasteiger partial charge is 0.141 e. The van der Waals surface area contributed by atoms with Crippen molar-refractivity contribution in [3.05, 3.63) is 70.5 Å². The normalized spacial score (nSPS) is 22.6. The van der Waals surface area contributed by atoms with E-state index in [0.29, 0.717) is 5.92 Å². The van der Waals surface area contributed by atoms with E-state index in [-0.39, 0.29) is 16.9 Å². The van der Waals surface area contributed by atoms with Crippen LogP contribution in [0, 0.1) is 5.82 Å². The molecule has 0 bridgehead atoms. The molecule has 1 fully saturated rings. The van der Waals surface area contributed by atoms with E-state index >= 15 is 0 Å². The van der Waals surface area contributed by atoms with Crippen LogP contribution < -0.4 is 5.32 Å². The molecular weight excluding hydrogens is 261 g/mol. The van der Waals surface area contributed by atoms with Crippen LogP contribution in [-0.2, 0) is 0 Å². The Morgan fingerprint density at radius 3 is 2.58 bits per heavy atom. The summed E-state index contributed by atoms with van der Waals surface area (Å²) in [6.45, 7) is 0.971. The van der Waals surface area contributed by atoms with Gasteiger partial charge in [0.25, 0.3) is 0 Å². The zero-order chi connectivity index (χ0) is 13.2. The third kappa shape index (κ3) is 2.51. The molecule has 3 heteroatoms. The molecule has 1 saturated heterocycles. The first-order valence-electron chi connectivity index (χ1n) is 6.49. The number of nitrogens with one attached hydrogen (secondary N) is 1. The van der Waals surface area contributed by atoms with Crippen molar-refractivity contribution in [3.8, 4) is 0 Å². The summed E-state index contributed by atoms with van der Waals surface area (Å²) in [7, 11) is 0. The molecule has 1 heterocycles. The van der Waals surface area contributed by atoms with Gasteiger partial charge in [-0.3, -0.25) is 0 Å². The monoisotopic (exact) mass is 275 g/mol. The maximum absolute atomic E-state index is 13.3. The quantitative estimate of drug-likeness (QED) is 0.862. The highest BCUT2D eigenvalue weighted by atomic mass is 35.5. The van der Waals surface area contributed by atoms with E-state index in [0.717, 1.165) is 18.5 Å². The Labute approximate surface area is 117 Å². The lowest BCUT2D eigenvalue weighted by molar-refractivity contribution is 0.575. The molecule has 2 aromatic carbocycles. The molecule has 0 aliphatic carbocycles. The SMILES string of the molecule is Fc1ccc(C2CCNC2c2ccccc2)cc1Cl. The van der Waals surface area contributed by atoms with Crippen LogP contribution in [0.4, 0.5) is 4.39 Å². The van der Waals surface area contributed by atoms with E-state index < -0.39 is 0 Å².